The molecule has 14 heavy (non-hydrogen) atoms. The Labute approximate surface area is 83.0 Å². The van der Waals surface area contributed by atoms with Gasteiger partial charge in [0.15, 0.2) is 0 Å². The van der Waals surface area contributed by atoms with Gasteiger partial charge in [0.25, 0.3) is 5.92 Å². The van der Waals surface area contributed by atoms with E-state index < -0.39 is 11.8 Å². The number of alkyl halides is 2. The van der Waals surface area contributed by atoms with Crippen molar-refractivity contribution in [3.05, 3.63) is 0 Å². The highest BCUT2D eigenvalue weighted by molar-refractivity contribution is 4.92. The van der Waals surface area contributed by atoms with Crippen LogP contribution in [0.5, 0.6) is 0 Å². The van der Waals surface area contributed by atoms with Gasteiger partial charge in [0.1, 0.15) is 0 Å². The Morgan fingerprint density at radius 1 is 1.43 bits per heavy atom. The fourth-order valence-electron chi connectivity index (χ4n) is 2.09. The predicted octanol–water partition coefficient (Wildman–Crippen LogP) is 1.80. The van der Waals surface area contributed by atoms with Gasteiger partial charge in [-0.05, 0) is 19.8 Å². The minimum absolute atomic E-state index is 0.0377. The minimum atomic E-state index is -2.49. The molecule has 0 aromatic carbocycles. The van der Waals surface area contributed by atoms with Crippen LogP contribution in [0.15, 0.2) is 0 Å². The van der Waals surface area contributed by atoms with Crippen LogP contribution in [-0.2, 0) is 4.74 Å². The second-order valence-corrected chi connectivity index (χ2v) is 4.71. The first-order chi connectivity index (χ1) is 6.52. The third-order valence-corrected chi connectivity index (χ3v) is 3.29. The lowest BCUT2D eigenvalue weighted by Gasteiger charge is -2.40. The first kappa shape index (κ1) is 10.3. The first-order valence-electron chi connectivity index (χ1n) is 5.24. The number of rotatable bonds is 3. The fraction of sp³-hybridized carbons (Fsp3) is 1.00. The summed E-state index contributed by atoms with van der Waals surface area (Å²) < 4.78 is 32.0. The molecule has 82 valence electrons. The Kier molecular flexibility index (Phi) is 2.52. The monoisotopic (exact) mass is 205 g/mol. The Balaban J connectivity index is 1.80. The lowest BCUT2D eigenvalue weighted by Crippen LogP contribution is -2.59. The van der Waals surface area contributed by atoms with E-state index in [4.69, 9.17) is 4.74 Å². The average molecular weight is 205 g/mol. The van der Waals surface area contributed by atoms with Crippen molar-refractivity contribution in [2.75, 3.05) is 19.7 Å². The summed E-state index contributed by atoms with van der Waals surface area (Å²) in [4.78, 5) is 0. The molecule has 0 bridgehead atoms. The van der Waals surface area contributed by atoms with Crippen molar-refractivity contribution >= 4 is 0 Å². The molecule has 2 fully saturated rings. The fourth-order valence-corrected chi connectivity index (χ4v) is 2.09. The summed E-state index contributed by atoms with van der Waals surface area (Å²) in [6, 6.07) is 0. The standard InChI is InChI=1S/C10H17F2NO/c1-9(6-13-7-9)14-5-8-3-2-4-10(8,11)12/h8,13H,2-7H2,1H3. The van der Waals surface area contributed by atoms with Crippen LogP contribution < -0.4 is 5.32 Å². The van der Waals surface area contributed by atoms with Crippen LogP contribution in [0.1, 0.15) is 26.2 Å². The van der Waals surface area contributed by atoms with Gasteiger partial charge in [0, 0.05) is 25.4 Å². The molecule has 0 amide bonds. The van der Waals surface area contributed by atoms with Gasteiger partial charge >= 0.3 is 0 Å². The summed E-state index contributed by atoms with van der Waals surface area (Å²) in [5, 5.41) is 3.09. The Morgan fingerprint density at radius 3 is 2.57 bits per heavy atom. The lowest BCUT2D eigenvalue weighted by atomic mass is 9.99. The molecule has 4 heteroatoms. The van der Waals surface area contributed by atoms with Crippen molar-refractivity contribution in [2.45, 2.75) is 37.7 Å². The Hall–Kier alpha value is -0.220. The zero-order valence-electron chi connectivity index (χ0n) is 8.48. The van der Waals surface area contributed by atoms with E-state index >= 15 is 0 Å². The van der Waals surface area contributed by atoms with Gasteiger partial charge in [-0.25, -0.2) is 8.78 Å². The Bertz CT molecular complexity index is 216. The predicted molar refractivity (Wildman–Crippen MR) is 49.5 cm³/mol. The number of hydrogen-bond acceptors (Lipinski definition) is 2. The molecule has 1 unspecified atom stereocenters. The average Bonchev–Trinajstić information content (AvgIpc) is 2.38. The van der Waals surface area contributed by atoms with Crippen molar-refractivity contribution in [2.24, 2.45) is 5.92 Å². The quantitative estimate of drug-likeness (QED) is 0.758. The van der Waals surface area contributed by atoms with Gasteiger partial charge in [-0.15, -0.1) is 0 Å². The van der Waals surface area contributed by atoms with Crippen LogP contribution >= 0.6 is 0 Å². The summed E-state index contributed by atoms with van der Waals surface area (Å²) in [7, 11) is 0. The van der Waals surface area contributed by atoms with Crippen LogP contribution in [0.4, 0.5) is 8.78 Å². The SMILES string of the molecule is CC1(OCC2CCCC2(F)F)CNC1. The van der Waals surface area contributed by atoms with Crippen LogP contribution in [0.3, 0.4) is 0 Å². The highest BCUT2D eigenvalue weighted by Crippen LogP contribution is 2.40. The largest absolute Gasteiger partial charge is 0.372 e. The maximum atomic E-state index is 13.2. The Morgan fingerprint density at radius 2 is 2.14 bits per heavy atom. The van der Waals surface area contributed by atoms with Gasteiger partial charge in [-0.2, -0.15) is 0 Å². The molecule has 1 saturated carbocycles. The summed E-state index contributed by atoms with van der Waals surface area (Å²) in [6.07, 6.45) is 1.28. The van der Waals surface area contributed by atoms with Crippen molar-refractivity contribution in [3.8, 4) is 0 Å². The highest BCUT2D eigenvalue weighted by atomic mass is 19.3. The topological polar surface area (TPSA) is 21.3 Å². The van der Waals surface area contributed by atoms with E-state index in [0.29, 0.717) is 12.8 Å². The van der Waals surface area contributed by atoms with Gasteiger partial charge in [-0.3, -0.25) is 0 Å². The van der Waals surface area contributed by atoms with Crippen LogP contribution in [0.25, 0.3) is 0 Å². The van der Waals surface area contributed by atoms with E-state index in [1.807, 2.05) is 6.92 Å². The highest BCUT2D eigenvalue weighted by Gasteiger charge is 2.45. The van der Waals surface area contributed by atoms with Crippen LogP contribution in [0.2, 0.25) is 0 Å². The number of ether oxygens (including phenoxy) is 1. The molecule has 1 atom stereocenters. The summed E-state index contributed by atoms with van der Waals surface area (Å²) in [6.45, 7) is 3.75. The molecular formula is C10H17F2NO. The van der Waals surface area contributed by atoms with Crippen molar-refractivity contribution in [3.63, 3.8) is 0 Å². The smallest absolute Gasteiger partial charge is 0.253 e. The zero-order chi connectivity index (χ0) is 10.2. The first-order valence-corrected chi connectivity index (χ1v) is 5.24. The maximum absolute atomic E-state index is 13.2. The molecule has 1 aliphatic heterocycles. The summed E-state index contributed by atoms with van der Waals surface area (Å²) in [5.41, 5.74) is -0.196. The van der Waals surface area contributed by atoms with Crippen LogP contribution in [0, 0.1) is 5.92 Å². The van der Waals surface area contributed by atoms with Crippen molar-refractivity contribution in [1.29, 1.82) is 0 Å². The zero-order valence-corrected chi connectivity index (χ0v) is 8.48. The normalized spacial score (nSPS) is 34.1. The van der Waals surface area contributed by atoms with E-state index in [0.717, 1.165) is 13.1 Å². The molecule has 1 saturated heterocycles. The second-order valence-electron chi connectivity index (χ2n) is 4.71. The molecule has 1 heterocycles. The van der Waals surface area contributed by atoms with E-state index in [1.165, 1.54) is 0 Å². The van der Waals surface area contributed by atoms with Crippen LogP contribution in [-0.4, -0.2) is 31.2 Å². The van der Waals surface area contributed by atoms with E-state index in [2.05, 4.69) is 5.32 Å². The maximum Gasteiger partial charge on any atom is 0.253 e. The molecule has 2 rings (SSSR count). The molecule has 2 aliphatic rings. The molecule has 1 aliphatic carbocycles. The summed E-state index contributed by atoms with van der Waals surface area (Å²) in [5.74, 6) is -3.05. The third-order valence-electron chi connectivity index (χ3n) is 3.29. The molecular weight excluding hydrogens is 188 g/mol. The van der Waals surface area contributed by atoms with Gasteiger partial charge in [0.05, 0.1) is 12.2 Å². The van der Waals surface area contributed by atoms with E-state index in [9.17, 15) is 8.78 Å². The minimum Gasteiger partial charge on any atom is -0.372 e. The molecule has 2 nitrogen and oxygen atoms in total. The van der Waals surface area contributed by atoms with Gasteiger partial charge in [0.2, 0.25) is 0 Å². The molecule has 0 aromatic rings. The van der Waals surface area contributed by atoms with E-state index in [1.54, 1.807) is 0 Å². The second kappa shape index (κ2) is 3.42. The molecule has 0 radical (unpaired) electrons. The number of nitrogens with one attached hydrogen (secondary N) is 1. The van der Waals surface area contributed by atoms with Crippen molar-refractivity contribution in [1.82, 2.24) is 5.32 Å². The molecule has 0 aromatic heterocycles. The number of halogens is 2. The summed E-state index contributed by atoms with van der Waals surface area (Å²) >= 11 is 0. The van der Waals surface area contributed by atoms with E-state index in [-0.39, 0.29) is 18.6 Å². The van der Waals surface area contributed by atoms with Gasteiger partial charge in [-0.1, -0.05) is 0 Å². The third kappa shape index (κ3) is 1.91. The van der Waals surface area contributed by atoms with Crippen molar-refractivity contribution < 1.29 is 13.5 Å². The number of hydrogen-bond donors (Lipinski definition) is 1. The molecule has 1 N–H and O–H groups in total. The lowest BCUT2D eigenvalue weighted by molar-refractivity contribution is -0.123. The van der Waals surface area contributed by atoms with Gasteiger partial charge < -0.3 is 10.1 Å². The molecule has 0 spiro atoms.